The SMILES string of the molecule is Cc1ccc(CN2CCN(CC(=O)Nc3cn(C)nc3C)C[C@H]2CCO)o1. The molecule has 8 heteroatoms. The Hall–Kier alpha value is -2.16. The van der Waals surface area contributed by atoms with Gasteiger partial charge in [0.1, 0.15) is 11.5 Å². The van der Waals surface area contributed by atoms with E-state index in [0.717, 1.165) is 49.1 Å². The molecule has 2 aromatic heterocycles. The average Bonchev–Trinajstić information content (AvgIpc) is 3.15. The van der Waals surface area contributed by atoms with Crippen molar-refractivity contribution in [3.63, 3.8) is 0 Å². The number of piperazine rings is 1. The molecule has 1 aliphatic heterocycles. The summed E-state index contributed by atoms with van der Waals surface area (Å²) in [5.41, 5.74) is 1.56. The summed E-state index contributed by atoms with van der Waals surface area (Å²) in [5.74, 6) is 1.81. The van der Waals surface area contributed by atoms with Gasteiger partial charge in [0.05, 0.1) is 24.5 Å². The summed E-state index contributed by atoms with van der Waals surface area (Å²) in [6, 6.07) is 4.17. The Kier molecular flexibility index (Phi) is 6.30. The van der Waals surface area contributed by atoms with Gasteiger partial charge in [0, 0.05) is 45.5 Å². The number of nitrogens with zero attached hydrogens (tertiary/aromatic N) is 4. The lowest BCUT2D eigenvalue weighted by atomic mass is 10.1. The van der Waals surface area contributed by atoms with Gasteiger partial charge < -0.3 is 14.8 Å². The van der Waals surface area contributed by atoms with Crippen molar-refractivity contribution in [3.8, 4) is 0 Å². The molecule has 1 atom stereocenters. The van der Waals surface area contributed by atoms with E-state index in [9.17, 15) is 9.90 Å². The van der Waals surface area contributed by atoms with Crippen LogP contribution >= 0.6 is 0 Å². The quantitative estimate of drug-likeness (QED) is 0.755. The van der Waals surface area contributed by atoms with Crippen LogP contribution in [0.2, 0.25) is 0 Å². The zero-order valence-electron chi connectivity index (χ0n) is 16.3. The first kappa shape index (κ1) is 19.6. The average molecular weight is 375 g/mol. The molecule has 0 saturated carbocycles. The maximum atomic E-state index is 12.4. The summed E-state index contributed by atoms with van der Waals surface area (Å²) < 4.78 is 7.39. The van der Waals surface area contributed by atoms with E-state index >= 15 is 0 Å². The highest BCUT2D eigenvalue weighted by Crippen LogP contribution is 2.18. The van der Waals surface area contributed by atoms with Gasteiger partial charge in [0.2, 0.25) is 5.91 Å². The molecular formula is C19H29N5O3. The van der Waals surface area contributed by atoms with Crippen LogP contribution in [0.25, 0.3) is 0 Å². The van der Waals surface area contributed by atoms with Crippen LogP contribution in [0.3, 0.4) is 0 Å². The monoisotopic (exact) mass is 375 g/mol. The zero-order valence-corrected chi connectivity index (χ0v) is 16.3. The molecule has 0 radical (unpaired) electrons. The molecule has 1 fully saturated rings. The minimum atomic E-state index is -0.0380. The van der Waals surface area contributed by atoms with Crippen molar-refractivity contribution in [2.24, 2.45) is 7.05 Å². The Bertz CT molecular complexity index is 769. The van der Waals surface area contributed by atoms with Crippen LogP contribution in [0.5, 0.6) is 0 Å². The summed E-state index contributed by atoms with van der Waals surface area (Å²) in [7, 11) is 1.84. The van der Waals surface area contributed by atoms with Gasteiger partial charge in [-0.3, -0.25) is 19.3 Å². The molecule has 0 spiro atoms. The highest BCUT2D eigenvalue weighted by Gasteiger charge is 2.28. The lowest BCUT2D eigenvalue weighted by molar-refractivity contribution is -0.118. The molecule has 1 saturated heterocycles. The summed E-state index contributed by atoms with van der Waals surface area (Å²) in [6.45, 7) is 7.41. The third kappa shape index (κ3) is 5.18. The Morgan fingerprint density at radius 3 is 2.81 bits per heavy atom. The summed E-state index contributed by atoms with van der Waals surface area (Å²) in [5, 5.41) is 16.6. The number of hydrogen-bond donors (Lipinski definition) is 2. The minimum Gasteiger partial charge on any atom is -0.465 e. The first-order valence-corrected chi connectivity index (χ1v) is 9.37. The fourth-order valence-electron chi connectivity index (χ4n) is 3.62. The summed E-state index contributed by atoms with van der Waals surface area (Å²) in [4.78, 5) is 16.9. The normalized spacial score (nSPS) is 18.7. The van der Waals surface area contributed by atoms with Crippen LogP contribution in [0.1, 0.15) is 23.6 Å². The number of nitrogens with one attached hydrogen (secondary N) is 1. The Morgan fingerprint density at radius 1 is 1.37 bits per heavy atom. The number of anilines is 1. The molecule has 8 nitrogen and oxygen atoms in total. The van der Waals surface area contributed by atoms with Crippen LogP contribution < -0.4 is 5.32 Å². The molecule has 0 aromatic carbocycles. The van der Waals surface area contributed by atoms with Crippen molar-refractivity contribution in [1.29, 1.82) is 0 Å². The van der Waals surface area contributed by atoms with Crippen molar-refractivity contribution in [2.45, 2.75) is 32.9 Å². The van der Waals surface area contributed by atoms with E-state index in [4.69, 9.17) is 4.42 Å². The molecule has 2 aromatic rings. The molecule has 2 N–H and O–H groups in total. The predicted molar refractivity (Wildman–Crippen MR) is 102 cm³/mol. The molecule has 3 rings (SSSR count). The molecule has 0 unspecified atom stereocenters. The van der Waals surface area contributed by atoms with Crippen LogP contribution in [-0.2, 0) is 18.4 Å². The number of aliphatic hydroxyl groups is 1. The Labute approximate surface area is 159 Å². The highest BCUT2D eigenvalue weighted by atomic mass is 16.3. The zero-order chi connectivity index (χ0) is 19.4. The first-order chi connectivity index (χ1) is 12.9. The van der Waals surface area contributed by atoms with Crippen molar-refractivity contribution < 1.29 is 14.3 Å². The fraction of sp³-hybridized carbons (Fsp3) is 0.579. The van der Waals surface area contributed by atoms with Gasteiger partial charge in [-0.2, -0.15) is 5.10 Å². The largest absolute Gasteiger partial charge is 0.465 e. The van der Waals surface area contributed by atoms with Gasteiger partial charge in [-0.25, -0.2) is 0 Å². The third-order valence-corrected chi connectivity index (χ3v) is 4.96. The van der Waals surface area contributed by atoms with Crippen molar-refractivity contribution in [3.05, 3.63) is 35.5 Å². The highest BCUT2D eigenvalue weighted by molar-refractivity contribution is 5.92. The molecule has 148 valence electrons. The molecule has 3 heterocycles. The molecule has 1 aliphatic rings. The van der Waals surface area contributed by atoms with E-state index in [1.807, 2.05) is 39.2 Å². The molecular weight excluding hydrogens is 346 g/mol. The third-order valence-electron chi connectivity index (χ3n) is 4.96. The van der Waals surface area contributed by atoms with E-state index in [2.05, 4.69) is 20.2 Å². The van der Waals surface area contributed by atoms with Crippen molar-refractivity contribution in [1.82, 2.24) is 19.6 Å². The van der Waals surface area contributed by atoms with Crippen molar-refractivity contribution >= 4 is 11.6 Å². The second kappa shape index (κ2) is 8.69. The van der Waals surface area contributed by atoms with Gasteiger partial charge in [-0.15, -0.1) is 0 Å². The number of aryl methyl sites for hydroxylation is 3. The number of aliphatic hydroxyl groups excluding tert-OH is 1. The predicted octanol–water partition coefficient (Wildman–Crippen LogP) is 1.14. The van der Waals surface area contributed by atoms with Gasteiger partial charge in [-0.05, 0) is 32.4 Å². The number of carbonyl (C=O) groups excluding carboxylic acids is 1. The maximum Gasteiger partial charge on any atom is 0.238 e. The number of rotatable bonds is 7. The van der Waals surface area contributed by atoms with E-state index in [1.165, 1.54) is 0 Å². The van der Waals surface area contributed by atoms with Gasteiger partial charge in [-0.1, -0.05) is 0 Å². The second-order valence-electron chi connectivity index (χ2n) is 7.23. The van der Waals surface area contributed by atoms with E-state index < -0.39 is 0 Å². The number of carbonyl (C=O) groups is 1. The molecule has 27 heavy (non-hydrogen) atoms. The fourth-order valence-corrected chi connectivity index (χ4v) is 3.62. The van der Waals surface area contributed by atoms with Gasteiger partial charge in [0.15, 0.2) is 0 Å². The Balaban J connectivity index is 1.55. The van der Waals surface area contributed by atoms with Gasteiger partial charge in [0.25, 0.3) is 0 Å². The van der Waals surface area contributed by atoms with E-state index in [1.54, 1.807) is 4.68 Å². The van der Waals surface area contributed by atoms with Crippen LogP contribution in [-0.4, -0.2) is 69.4 Å². The first-order valence-electron chi connectivity index (χ1n) is 9.37. The maximum absolute atomic E-state index is 12.4. The van der Waals surface area contributed by atoms with Gasteiger partial charge >= 0.3 is 0 Å². The minimum absolute atomic E-state index is 0.0380. The molecule has 0 bridgehead atoms. The molecule has 0 aliphatic carbocycles. The number of furan rings is 1. The lowest BCUT2D eigenvalue weighted by Gasteiger charge is -2.40. The summed E-state index contributed by atoms with van der Waals surface area (Å²) >= 11 is 0. The number of aromatic nitrogens is 2. The van der Waals surface area contributed by atoms with E-state index in [-0.39, 0.29) is 18.6 Å². The Morgan fingerprint density at radius 2 is 2.19 bits per heavy atom. The number of hydrogen-bond acceptors (Lipinski definition) is 6. The number of amides is 1. The van der Waals surface area contributed by atoms with Crippen LogP contribution in [0.4, 0.5) is 5.69 Å². The van der Waals surface area contributed by atoms with Crippen LogP contribution in [0, 0.1) is 13.8 Å². The topological polar surface area (TPSA) is 86.8 Å². The van der Waals surface area contributed by atoms with E-state index in [0.29, 0.717) is 13.0 Å². The summed E-state index contributed by atoms with van der Waals surface area (Å²) in [6.07, 6.45) is 2.49. The molecule has 1 amide bonds. The standard InChI is InChI=1S/C19H29N5O3/c1-14-4-5-17(27-14)11-24-8-7-23(10-16(24)6-9-25)13-19(26)20-18-12-22(3)21-15(18)2/h4-5,12,16,25H,6-11,13H2,1-3H3,(H,20,26)/t16-/m1/s1. The van der Waals surface area contributed by atoms with Crippen LogP contribution in [0.15, 0.2) is 22.7 Å². The second-order valence-corrected chi connectivity index (χ2v) is 7.23. The lowest BCUT2D eigenvalue weighted by Crippen LogP contribution is -2.54. The smallest absolute Gasteiger partial charge is 0.238 e. The van der Waals surface area contributed by atoms with Crippen molar-refractivity contribution in [2.75, 3.05) is 38.1 Å².